The predicted molar refractivity (Wildman–Crippen MR) is 98.2 cm³/mol. The second kappa shape index (κ2) is 23.2. The smallest absolute Gasteiger partial charge is 0.219 e. The molecule has 0 aliphatic heterocycles. The molecular weight excluding hydrogens is 377 g/mol. The zero-order valence-corrected chi connectivity index (χ0v) is 15.8. The highest BCUT2D eigenvalue weighted by atomic mass is 35.5. The third kappa shape index (κ3) is 23.2. The maximum absolute atomic E-state index is 10.4. The first-order valence-electron chi connectivity index (χ1n) is 7.54. The van der Waals surface area contributed by atoms with E-state index in [1.54, 1.807) is 0 Å². The Bertz CT molecular complexity index is 349. The summed E-state index contributed by atoms with van der Waals surface area (Å²) in [5.74, 6) is -0.379. The van der Waals surface area contributed by atoms with Gasteiger partial charge >= 0.3 is 0 Å². The van der Waals surface area contributed by atoms with Gasteiger partial charge in [0.15, 0.2) is 0 Å². The molecule has 4 N–H and O–H groups in total. The first kappa shape index (κ1) is 28.9. The lowest BCUT2D eigenvalue weighted by atomic mass is 10.2. The topological polar surface area (TPSA) is 155 Å². The Morgan fingerprint density at radius 3 is 1.88 bits per heavy atom. The normalized spacial score (nSPS) is 10.9. The van der Waals surface area contributed by atoms with Crippen molar-refractivity contribution in [3.8, 4) is 0 Å². The maximum Gasteiger partial charge on any atom is 0.219 e. The molecule has 0 aromatic heterocycles. The van der Waals surface area contributed by atoms with Gasteiger partial charge in [0, 0.05) is 11.3 Å². The minimum atomic E-state index is -0.379. The quantitative estimate of drug-likeness (QED) is 0.158. The number of nitrogens with two attached hydrogens (primary N) is 2. The molecule has 12 heteroatoms. The second-order valence-corrected chi connectivity index (χ2v) is 4.56. The summed E-state index contributed by atoms with van der Waals surface area (Å²) in [5, 5.41) is 3.59. The lowest BCUT2D eigenvalue weighted by Crippen LogP contribution is -2.19. The van der Waals surface area contributed by atoms with E-state index in [0.29, 0.717) is 65.8 Å². The first-order valence-corrected chi connectivity index (χ1v) is 7.54. The molecule has 1 amide bonds. The molecule has 0 radical (unpaired) electrons. The summed E-state index contributed by atoms with van der Waals surface area (Å²) in [6, 6.07) is -0.233. The Balaban J connectivity index is -0.00000242. The molecular formula is C13H29Cl2N5O5. The summed E-state index contributed by atoms with van der Waals surface area (Å²) < 4.78 is 21.1. The molecule has 150 valence electrons. The molecule has 0 fully saturated rings. The van der Waals surface area contributed by atoms with Crippen molar-refractivity contribution in [2.45, 2.75) is 18.9 Å². The van der Waals surface area contributed by atoms with Crippen LogP contribution in [0.3, 0.4) is 0 Å². The lowest BCUT2D eigenvalue weighted by Gasteiger charge is -2.10. The fourth-order valence-electron chi connectivity index (χ4n) is 1.49. The van der Waals surface area contributed by atoms with Crippen molar-refractivity contribution in [1.82, 2.24) is 0 Å². The van der Waals surface area contributed by atoms with Crippen molar-refractivity contribution >= 4 is 30.7 Å². The molecule has 0 aromatic carbocycles. The highest BCUT2D eigenvalue weighted by Crippen LogP contribution is 1.98. The van der Waals surface area contributed by atoms with Crippen LogP contribution in [0.2, 0.25) is 0 Å². The minimum absolute atomic E-state index is 0. The average molecular weight is 406 g/mol. The standard InChI is InChI=1S/C13H27N5O5.2ClH/c14-3-1-12(17-18-16)11-23-10-9-22-8-7-21-6-5-20-4-2-13(15)19;;/h12H,1-11,14H2,(H2,15,19);2*1H. The number of nitrogens with zero attached hydrogens (tertiary/aromatic N) is 3. The molecule has 1 atom stereocenters. The molecule has 1 unspecified atom stereocenters. The van der Waals surface area contributed by atoms with Crippen LogP contribution in [0.5, 0.6) is 0 Å². The Hall–Kier alpha value is -0.840. The van der Waals surface area contributed by atoms with Crippen LogP contribution in [0, 0.1) is 0 Å². The SMILES string of the molecule is Cl.Cl.[N-]=[N+]=NC(CCN)COCCOCCOCCOCCC(N)=O. The van der Waals surface area contributed by atoms with Crippen molar-refractivity contribution in [3.63, 3.8) is 0 Å². The molecule has 0 saturated carbocycles. The van der Waals surface area contributed by atoms with Crippen LogP contribution in [0.1, 0.15) is 12.8 Å². The van der Waals surface area contributed by atoms with E-state index in [-0.39, 0.29) is 43.2 Å². The molecule has 0 bridgehead atoms. The molecule has 10 nitrogen and oxygen atoms in total. The fraction of sp³-hybridized carbons (Fsp3) is 0.923. The van der Waals surface area contributed by atoms with E-state index in [1.807, 2.05) is 0 Å². The number of azide groups is 1. The zero-order valence-electron chi connectivity index (χ0n) is 14.2. The van der Waals surface area contributed by atoms with Crippen LogP contribution < -0.4 is 11.5 Å². The van der Waals surface area contributed by atoms with Crippen molar-refractivity contribution < 1.29 is 23.7 Å². The van der Waals surface area contributed by atoms with Crippen LogP contribution in [0.25, 0.3) is 10.4 Å². The Kier molecular flexibility index (Phi) is 26.8. The summed E-state index contributed by atoms with van der Waals surface area (Å²) in [6.45, 7) is 3.71. The van der Waals surface area contributed by atoms with Crippen molar-refractivity contribution in [3.05, 3.63) is 10.4 Å². The fourth-order valence-corrected chi connectivity index (χ4v) is 1.49. The lowest BCUT2D eigenvalue weighted by molar-refractivity contribution is -0.119. The van der Waals surface area contributed by atoms with Crippen LogP contribution in [0.4, 0.5) is 0 Å². The molecule has 25 heavy (non-hydrogen) atoms. The molecule has 0 saturated heterocycles. The first-order chi connectivity index (χ1) is 11.2. The second-order valence-electron chi connectivity index (χ2n) is 4.56. The Morgan fingerprint density at radius 2 is 1.44 bits per heavy atom. The van der Waals surface area contributed by atoms with Crippen LogP contribution in [-0.2, 0) is 23.7 Å². The summed E-state index contributed by atoms with van der Waals surface area (Å²) in [4.78, 5) is 13.2. The number of amides is 1. The number of primary amides is 1. The van der Waals surface area contributed by atoms with Crippen LogP contribution in [0.15, 0.2) is 5.11 Å². The van der Waals surface area contributed by atoms with Gasteiger partial charge in [0.05, 0.1) is 58.9 Å². The van der Waals surface area contributed by atoms with Crippen LogP contribution >= 0.6 is 24.8 Å². The Morgan fingerprint density at radius 1 is 0.960 bits per heavy atom. The van der Waals surface area contributed by atoms with E-state index in [1.165, 1.54) is 0 Å². The van der Waals surface area contributed by atoms with Gasteiger partial charge in [0.2, 0.25) is 5.91 Å². The number of hydrogen-bond donors (Lipinski definition) is 2. The van der Waals surface area contributed by atoms with Gasteiger partial charge in [-0.15, -0.1) is 24.8 Å². The van der Waals surface area contributed by atoms with Crippen molar-refractivity contribution in [1.29, 1.82) is 0 Å². The van der Waals surface area contributed by atoms with E-state index >= 15 is 0 Å². The molecule has 0 heterocycles. The Labute approximate surface area is 160 Å². The third-order valence-corrected chi connectivity index (χ3v) is 2.63. The molecule has 0 spiro atoms. The van der Waals surface area contributed by atoms with Gasteiger partial charge < -0.3 is 30.4 Å². The van der Waals surface area contributed by atoms with Gasteiger partial charge in [-0.3, -0.25) is 4.79 Å². The van der Waals surface area contributed by atoms with Gasteiger partial charge in [-0.05, 0) is 18.5 Å². The molecule has 0 aliphatic carbocycles. The summed E-state index contributed by atoms with van der Waals surface area (Å²) in [7, 11) is 0. The van der Waals surface area contributed by atoms with E-state index in [9.17, 15) is 4.79 Å². The van der Waals surface area contributed by atoms with E-state index < -0.39 is 0 Å². The summed E-state index contributed by atoms with van der Waals surface area (Å²) in [6.07, 6.45) is 0.815. The number of rotatable bonds is 17. The van der Waals surface area contributed by atoms with Crippen LogP contribution in [-0.4, -0.2) is 71.3 Å². The summed E-state index contributed by atoms with van der Waals surface area (Å²) in [5.41, 5.74) is 18.7. The predicted octanol–water partition coefficient (Wildman–Crippen LogP) is 0.800. The van der Waals surface area contributed by atoms with E-state index in [0.717, 1.165) is 0 Å². The van der Waals surface area contributed by atoms with Crippen molar-refractivity contribution in [2.24, 2.45) is 16.6 Å². The highest BCUT2D eigenvalue weighted by Gasteiger charge is 2.04. The van der Waals surface area contributed by atoms with Gasteiger partial charge in [0.1, 0.15) is 0 Å². The molecule has 0 rings (SSSR count). The van der Waals surface area contributed by atoms with Gasteiger partial charge in [-0.2, -0.15) is 0 Å². The number of ether oxygens (including phenoxy) is 4. The number of hydrogen-bond acceptors (Lipinski definition) is 7. The zero-order chi connectivity index (χ0) is 17.2. The number of carbonyl (C=O) groups is 1. The van der Waals surface area contributed by atoms with Gasteiger partial charge in [0.25, 0.3) is 0 Å². The largest absolute Gasteiger partial charge is 0.379 e. The maximum atomic E-state index is 10.4. The van der Waals surface area contributed by atoms with E-state index in [4.69, 9.17) is 35.9 Å². The van der Waals surface area contributed by atoms with Gasteiger partial charge in [-0.25, -0.2) is 0 Å². The van der Waals surface area contributed by atoms with Gasteiger partial charge in [-0.1, -0.05) is 5.11 Å². The number of carbonyl (C=O) groups excluding carboxylic acids is 1. The monoisotopic (exact) mass is 405 g/mol. The number of halogens is 2. The third-order valence-electron chi connectivity index (χ3n) is 2.63. The molecule has 0 aromatic rings. The minimum Gasteiger partial charge on any atom is -0.379 e. The van der Waals surface area contributed by atoms with Crippen molar-refractivity contribution in [2.75, 3.05) is 59.4 Å². The summed E-state index contributed by atoms with van der Waals surface area (Å²) >= 11 is 0. The van der Waals surface area contributed by atoms with E-state index in [2.05, 4.69) is 10.0 Å². The highest BCUT2D eigenvalue weighted by molar-refractivity contribution is 5.85. The average Bonchev–Trinajstić information content (AvgIpc) is 2.52. The molecule has 0 aliphatic rings.